The molecule has 3 aliphatic carbocycles. The van der Waals surface area contributed by atoms with Crippen LogP contribution < -0.4 is 21.3 Å². The van der Waals surface area contributed by atoms with Gasteiger partial charge in [0.25, 0.3) is 0 Å². The molecule has 27 nitrogen and oxygen atoms in total. The van der Waals surface area contributed by atoms with Crippen LogP contribution >= 0.6 is 0 Å². The van der Waals surface area contributed by atoms with Gasteiger partial charge in [-0.1, -0.05) is 66.8 Å². The smallest absolute Gasteiger partial charge is 0.408 e. The minimum Gasteiger partial charge on any atom is -0.481 e. The Hall–Kier alpha value is -8.53. The third-order valence-corrected chi connectivity index (χ3v) is 16.1. The minimum absolute atomic E-state index is 0.0175. The van der Waals surface area contributed by atoms with Crippen LogP contribution in [0.25, 0.3) is 0 Å². The van der Waals surface area contributed by atoms with Gasteiger partial charge in [-0.05, 0) is 95.7 Å². The molecule has 1 heterocycles. The lowest BCUT2D eigenvalue weighted by Crippen LogP contribution is -2.77. The minimum atomic E-state index is -2.13. The fraction of sp³-hybridized carbons (Fsp3) is 0.540. The Balaban J connectivity index is 1.35. The summed E-state index contributed by atoms with van der Waals surface area (Å²) < 4.78 is 49.1. The monoisotopic (exact) mass is 1260 g/mol. The molecule has 4 aliphatic rings. The molecular formula is C63H80N4O23. The molecule has 2 aromatic carbocycles. The highest BCUT2D eigenvalue weighted by Gasteiger charge is 2.73. The number of carboxylic acid groups (broad SMARTS) is 3. The average molecular weight is 1260 g/mol. The summed E-state index contributed by atoms with van der Waals surface area (Å²) in [6.45, 7) is 11.5. The zero-order valence-corrected chi connectivity index (χ0v) is 51.8. The Kier molecular flexibility index (Phi) is 23.4. The number of methoxy groups -OCH3 is 2. The van der Waals surface area contributed by atoms with E-state index in [1.807, 2.05) is 5.32 Å². The number of alkyl carbamates (subject to hydrolysis) is 1. The fourth-order valence-electron chi connectivity index (χ4n) is 12.0. The van der Waals surface area contributed by atoms with Crippen LogP contribution in [0.15, 0.2) is 90.0 Å². The van der Waals surface area contributed by atoms with Gasteiger partial charge in [0.05, 0.1) is 42.0 Å². The van der Waals surface area contributed by atoms with Gasteiger partial charge in [-0.3, -0.25) is 28.8 Å². The molecule has 1 saturated heterocycles. The number of aliphatic carboxylic acids is 3. The Labute approximate surface area is 519 Å². The van der Waals surface area contributed by atoms with E-state index in [1.54, 1.807) is 70.2 Å². The molecule has 8 N–H and O–H groups in total. The van der Waals surface area contributed by atoms with Crippen LogP contribution in [-0.4, -0.2) is 172 Å². The number of amides is 4. The number of fused-ring (bicyclic) bond motifs is 3. The molecule has 0 aromatic heterocycles. The summed E-state index contributed by atoms with van der Waals surface area (Å²) >= 11 is 0. The SMILES string of the molecule is CO[C@H]1C[C@H]2OC[C@@]2(OC(C)=O)[C@H]2[C@H](OC(=O)C3C=CC=CC3)C[C@H](OC(=O)[C@H](OC(=O)CCC(=O)Nc3ccc(C[C@H](NC(=O)N[C@@H](CCC(=O)O)C(=O)O)C(=O)O)cc3)[C@@H](NC(=O)OC(C)(C)C)c3ccccc3)/C(C)=C(\C(C)(C)O)[C@@H](OC)C(=O)[C@]12C. The number of esters is 4. The Morgan fingerprint density at radius 3 is 2.00 bits per heavy atom. The lowest BCUT2D eigenvalue weighted by Gasteiger charge is -2.63. The van der Waals surface area contributed by atoms with E-state index in [9.17, 15) is 58.5 Å². The highest BCUT2D eigenvalue weighted by atomic mass is 16.6. The van der Waals surface area contributed by atoms with Gasteiger partial charge in [0.1, 0.15) is 48.1 Å². The van der Waals surface area contributed by atoms with Crippen LogP contribution in [-0.2, 0) is 87.5 Å². The molecule has 27 heteroatoms. The van der Waals surface area contributed by atoms with Crippen molar-refractivity contribution >= 4 is 71.3 Å². The number of allylic oxidation sites excluding steroid dienone is 3. The molecule has 490 valence electrons. The van der Waals surface area contributed by atoms with Gasteiger partial charge in [-0.15, -0.1) is 0 Å². The first kappa shape index (κ1) is 70.6. The van der Waals surface area contributed by atoms with Crippen LogP contribution in [0, 0.1) is 17.3 Å². The van der Waals surface area contributed by atoms with Crippen molar-refractivity contribution in [3.8, 4) is 0 Å². The summed E-state index contributed by atoms with van der Waals surface area (Å²) in [5, 5.41) is 49.8. The van der Waals surface area contributed by atoms with E-state index in [0.717, 1.165) is 0 Å². The van der Waals surface area contributed by atoms with Crippen molar-refractivity contribution < 1.29 is 111 Å². The predicted octanol–water partition coefficient (Wildman–Crippen LogP) is 4.97. The molecule has 90 heavy (non-hydrogen) atoms. The summed E-state index contributed by atoms with van der Waals surface area (Å²) in [6, 6.07) is 7.50. The number of carboxylic acids is 3. The molecule has 1 aliphatic heterocycles. The number of carbonyl (C=O) groups is 11. The number of ketones is 1. The average Bonchev–Trinajstić information content (AvgIpc) is 0.951. The third kappa shape index (κ3) is 17.4. The maximum Gasteiger partial charge on any atom is 0.408 e. The van der Waals surface area contributed by atoms with E-state index in [-0.39, 0.29) is 48.3 Å². The number of rotatable bonds is 25. The Bertz CT molecular complexity index is 3110. The standard InChI is InChI=1S/C63H80N4O23/c1-33-41(30-42(87-56(78)37-19-15-12-16-20-37)52-62(8,53(73)50(84-10)48(33)61(6,7)82)43(83-9)31-44-63(52,32-85-44)89-34(2)68)86-57(79)51(49(36-17-13-11-14-18-36)67-59(81)90-60(3,4)5)88-47(72)28-26-45(69)64-38-23-21-35(22-24-38)29-40(55(76)77)66-58(80)65-39(54(74)75)25-27-46(70)71/h11-19,21-24,37,39-44,49-52,82H,20,25-32H2,1-10H3,(H,64,69)(H,67,81)(H,70,71)(H,74,75)(H,76,77)(H2,65,66,80)/b48-33-/t37?,39-,40-,41-,42+,43-,44+,49-,50+,51+,52-,62+,63-/m0/s1. The van der Waals surface area contributed by atoms with Crippen molar-refractivity contribution in [3.05, 3.63) is 101 Å². The van der Waals surface area contributed by atoms with Crippen molar-refractivity contribution in [2.75, 3.05) is 26.1 Å². The number of aliphatic hydroxyl groups is 1. The number of benzene rings is 2. The van der Waals surface area contributed by atoms with Crippen LogP contribution in [0.2, 0.25) is 0 Å². The summed E-state index contributed by atoms with van der Waals surface area (Å²) in [6.07, 6.45) is -6.01. The second-order valence-corrected chi connectivity index (χ2v) is 24.2. The highest BCUT2D eigenvalue weighted by molar-refractivity contribution is 5.94. The summed E-state index contributed by atoms with van der Waals surface area (Å²) in [5.74, 6) is -11.9. The number of carbonyl (C=O) groups excluding carboxylic acids is 8. The number of hydrogen-bond acceptors (Lipinski definition) is 20. The van der Waals surface area contributed by atoms with Crippen molar-refractivity contribution in [1.82, 2.24) is 16.0 Å². The predicted molar refractivity (Wildman–Crippen MR) is 315 cm³/mol. The first-order valence-corrected chi connectivity index (χ1v) is 29.2. The largest absolute Gasteiger partial charge is 0.481 e. The van der Waals surface area contributed by atoms with Gasteiger partial charge in [-0.25, -0.2) is 24.0 Å². The molecule has 6 rings (SSSR count). The lowest BCUT2D eigenvalue weighted by atomic mass is 9.51. The first-order chi connectivity index (χ1) is 42.2. The fourth-order valence-corrected chi connectivity index (χ4v) is 12.0. The van der Waals surface area contributed by atoms with Gasteiger partial charge < -0.3 is 79.6 Å². The molecule has 0 radical (unpaired) electrons. The van der Waals surface area contributed by atoms with Crippen molar-refractivity contribution in [2.24, 2.45) is 17.3 Å². The van der Waals surface area contributed by atoms with Crippen molar-refractivity contribution in [1.29, 1.82) is 0 Å². The van der Waals surface area contributed by atoms with Crippen molar-refractivity contribution in [2.45, 2.75) is 178 Å². The topological polar surface area (TPSA) is 391 Å². The normalized spacial score (nSPS) is 26.0. The van der Waals surface area contributed by atoms with Crippen LogP contribution in [0.5, 0.6) is 0 Å². The zero-order valence-electron chi connectivity index (χ0n) is 51.8. The number of nitrogens with one attached hydrogen (secondary N) is 4. The van der Waals surface area contributed by atoms with Gasteiger partial charge in [0.15, 0.2) is 11.4 Å². The van der Waals surface area contributed by atoms with Gasteiger partial charge >= 0.3 is 53.9 Å². The highest BCUT2D eigenvalue weighted by Crippen LogP contribution is 2.59. The summed E-state index contributed by atoms with van der Waals surface area (Å²) in [4.78, 5) is 148. The van der Waals surface area contributed by atoms with Gasteiger partial charge in [0, 0.05) is 58.9 Å². The Morgan fingerprint density at radius 1 is 0.800 bits per heavy atom. The second kappa shape index (κ2) is 29.9. The molecule has 2 aromatic rings. The number of urea groups is 1. The molecular weight excluding hydrogens is 1180 g/mol. The van der Waals surface area contributed by atoms with Crippen LogP contribution in [0.1, 0.15) is 118 Å². The van der Waals surface area contributed by atoms with E-state index in [0.29, 0.717) is 5.56 Å². The molecule has 0 spiro atoms. The number of hydrogen-bond donors (Lipinski definition) is 8. The number of ether oxygens (including phenoxy) is 8. The summed E-state index contributed by atoms with van der Waals surface area (Å²) in [7, 11) is 2.62. The van der Waals surface area contributed by atoms with E-state index in [4.69, 9.17) is 43.0 Å². The van der Waals surface area contributed by atoms with Gasteiger partial charge in [-0.2, -0.15) is 0 Å². The molecule has 1 unspecified atom stereocenters. The molecule has 4 amide bonds. The van der Waals surface area contributed by atoms with E-state index >= 15 is 9.59 Å². The van der Waals surface area contributed by atoms with E-state index in [2.05, 4.69) is 16.0 Å². The number of anilines is 1. The first-order valence-electron chi connectivity index (χ1n) is 29.2. The van der Waals surface area contributed by atoms with Crippen LogP contribution in [0.4, 0.5) is 15.3 Å². The quantitative estimate of drug-likeness (QED) is 0.0369. The second-order valence-electron chi connectivity index (χ2n) is 24.2. The maximum absolute atomic E-state index is 15.8. The van der Waals surface area contributed by atoms with Crippen LogP contribution in [0.3, 0.4) is 0 Å². The van der Waals surface area contributed by atoms with Gasteiger partial charge in [0.2, 0.25) is 12.0 Å². The zero-order chi connectivity index (χ0) is 66.6. The molecule has 13 atom stereocenters. The lowest BCUT2D eigenvalue weighted by molar-refractivity contribution is -0.333. The third-order valence-electron chi connectivity index (χ3n) is 16.1. The Morgan fingerprint density at radius 2 is 1.46 bits per heavy atom. The molecule has 0 bridgehead atoms. The van der Waals surface area contributed by atoms with E-state index in [1.165, 1.54) is 78.3 Å². The van der Waals surface area contributed by atoms with Crippen molar-refractivity contribution in [3.63, 3.8) is 0 Å². The maximum atomic E-state index is 15.8. The number of Topliss-reactive ketones (excluding diaryl/α,β-unsaturated/α-hetero) is 1. The molecule has 1 saturated carbocycles. The van der Waals surface area contributed by atoms with E-state index < -0.39 is 187 Å². The molecule has 2 fully saturated rings. The summed E-state index contributed by atoms with van der Waals surface area (Å²) in [5.41, 5.74) is -5.83.